The molecule has 7 heteroatoms. The molecule has 0 spiro atoms. The second kappa shape index (κ2) is 12.5. The van der Waals surface area contributed by atoms with Gasteiger partial charge in [-0.15, -0.1) is 0 Å². The summed E-state index contributed by atoms with van der Waals surface area (Å²) in [5.41, 5.74) is 3.03. The highest BCUT2D eigenvalue weighted by atomic mass is 19.3. The number of nitrogens with one attached hydrogen (secondary N) is 1. The van der Waals surface area contributed by atoms with E-state index in [1.54, 1.807) is 60.7 Å². The first-order chi connectivity index (χ1) is 20.3. The predicted octanol–water partition coefficient (Wildman–Crippen LogP) is 7.63. The average Bonchev–Trinajstić information content (AvgIpc) is 3.10. The Kier molecular flexibility index (Phi) is 8.59. The first-order valence-electron chi connectivity index (χ1n) is 14.0. The van der Waals surface area contributed by atoms with Gasteiger partial charge in [-0.05, 0) is 56.4 Å². The van der Waals surface area contributed by atoms with E-state index in [2.05, 4.69) is 5.32 Å². The molecular formula is C35H33F2N3O2. The number of nitrogens with zero attached hydrogens (tertiary/aromatic N) is 2. The van der Waals surface area contributed by atoms with Gasteiger partial charge in [-0.3, -0.25) is 9.59 Å². The summed E-state index contributed by atoms with van der Waals surface area (Å²) < 4.78 is 31.2. The molecule has 5 nitrogen and oxygen atoms in total. The fourth-order valence-corrected chi connectivity index (χ4v) is 5.28. The SMILES string of the molecule is CN(C)CCC=C1c2ccccc2N(C(=O)c2cccc(C(=O)Nc3ccccc3)c2-c2ccccc2)CCC1(F)F. The molecule has 1 heterocycles. The molecule has 0 radical (unpaired) electrons. The third-order valence-corrected chi connectivity index (χ3v) is 7.33. The van der Waals surface area contributed by atoms with Gasteiger partial charge < -0.3 is 15.1 Å². The van der Waals surface area contributed by atoms with Crippen LogP contribution >= 0.6 is 0 Å². The van der Waals surface area contributed by atoms with Gasteiger partial charge in [-0.25, -0.2) is 8.78 Å². The number of rotatable bonds is 7. The Bertz CT molecular complexity index is 1600. The van der Waals surface area contributed by atoms with Crippen LogP contribution in [0.15, 0.2) is 109 Å². The maximum atomic E-state index is 15.6. The highest BCUT2D eigenvalue weighted by Crippen LogP contribution is 2.44. The van der Waals surface area contributed by atoms with E-state index in [9.17, 15) is 9.59 Å². The van der Waals surface area contributed by atoms with E-state index in [0.717, 1.165) is 0 Å². The number of hydrogen-bond donors (Lipinski definition) is 1. The number of amides is 2. The Morgan fingerprint density at radius 2 is 1.50 bits per heavy atom. The Morgan fingerprint density at radius 1 is 0.857 bits per heavy atom. The van der Waals surface area contributed by atoms with Crippen LogP contribution in [0.1, 0.15) is 39.1 Å². The normalized spacial score (nSPS) is 15.3. The molecule has 0 saturated carbocycles. The van der Waals surface area contributed by atoms with Gasteiger partial charge in [-0.1, -0.05) is 78.9 Å². The summed E-state index contributed by atoms with van der Waals surface area (Å²) in [5.74, 6) is -3.93. The van der Waals surface area contributed by atoms with Gasteiger partial charge >= 0.3 is 0 Å². The van der Waals surface area contributed by atoms with Crippen LogP contribution in [0.25, 0.3) is 16.7 Å². The van der Waals surface area contributed by atoms with Crippen molar-refractivity contribution in [2.45, 2.75) is 18.8 Å². The molecule has 0 unspecified atom stereocenters. The number of anilines is 2. The van der Waals surface area contributed by atoms with Crippen molar-refractivity contribution >= 4 is 28.8 Å². The van der Waals surface area contributed by atoms with E-state index in [4.69, 9.17) is 0 Å². The zero-order valence-corrected chi connectivity index (χ0v) is 23.7. The zero-order chi connectivity index (χ0) is 29.7. The summed E-state index contributed by atoms with van der Waals surface area (Å²) in [6, 6.07) is 30.1. The lowest BCUT2D eigenvalue weighted by Crippen LogP contribution is -2.34. The summed E-state index contributed by atoms with van der Waals surface area (Å²) in [6.45, 7) is 0.450. The largest absolute Gasteiger partial charge is 0.322 e. The molecule has 2 amide bonds. The van der Waals surface area contributed by atoms with Crippen LogP contribution in [0.4, 0.5) is 20.2 Å². The Balaban J connectivity index is 1.60. The second-order valence-corrected chi connectivity index (χ2v) is 10.6. The predicted molar refractivity (Wildman–Crippen MR) is 165 cm³/mol. The van der Waals surface area contributed by atoms with E-state index < -0.39 is 18.3 Å². The van der Waals surface area contributed by atoms with Gasteiger partial charge in [0.25, 0.3) is 17.7 Å². The molecular weight excluding hydrogens is 532 g/mol. The fourth-order valence-electron chi connectivity index (χ4n) is 5.28. The summed E-state index contributed by atoms with van der Waals surface area (Å²) >= 11 is 0. The molecule has 5 rings (SSSR count). The van der Waals surface area contributed by atoms with Crippen molar-refractivity contribution in [3.8, 4) is 11.1 Å². The average molecular weight is 566 g/mol. The van der Waals surface area contributed by atoms with E-state index in [0.29, 0.717) is 46.6 Å². The van der Waals surface area contributed by atoms with Gasteiger partial charge in [-0.2, -0.15) is 0 Å². The number of alkyl halides is 2. The lowest BCUT2D eigenvalue weighted by molar-refractivity contribution is 0.0599. The molecule has 4 aromatic rings. The molecule has 214 valence electrons. The molecule has 4 aromatic carbocycles. The minimum atomic E-state index is -3.11. The van der Waals surface area contributed by atoms with Gasteiger partial charge in [0.15, 0.2) is 0 Å². The lowest BCUT2D eigenvalue weighted by atomic mass is 9.92. The van der Waals surface area contributed by atoms with Crippen LogP contribution in [-0.4, -0.2) is 49.8 Å². The van der Waals surface area contributed by atoms with Gasteiger partial charge in [0.2, 0.25) is 0 Å². The van der Waals surface area contributed by atoms with E-state index in [1.807, 2.05) is 67.5 Å². The number of halogens is 2. The quantitative estimate of drug-likeness (QED) is 0.251. The lowest BCUT2D eigenvalue weighted by Gasteiger charge is -2.25. The van der Waals surface area contributed by atoms with Crippen molar-refractivity contribution in [2.24, 2.45) is 0 Å². The van der Waals surface area contributed by atoms with Crippen molar-refractivity contribution in [3.05, 3.63) is 126 Å². The van der Waals surface area contributed by atoms with Crippen molar-refractivity contribution in [1.29, 1.82) is 0 Å². The topological polar surface area (TPSA) is 52.7 Å². The molecule has 1 N–H and O–H groups in total. The van der Waals surface area contributed by atoms with Crippen LogP contribution < -0.4 is 10.2 Å². The standard InChI is InChI=1S/C35H33F2N3O2/c1-39(2)23-12-20-30-27-17-9-10-21-31(27)40(24-22-35(30,36)37)34(42)29-19-11-18-28(32(29)25-13-5-3-6-14-25)33(41)38-26-15-7-4-8-16-26/h3-11,13-21H,12,22-24H2,1-2H3,(H,38,41). The van der Waals surface area contributed by atoms with Gasteiger partial charge in [0, 0.05) is 53.0 Å². The maximum absolute atomic E-state index is 15.6. The molecule has 0 bridgehead atoms. The van der Waals surface area contributed by atoms with Crippen molar-refractivity contribution in [3.63, 3.8) is 0 Å². The number of para-hydroxylation sites is 2. The van der Waals surface area contributed by atoms with Crippen molar-refractivity contribution in [1.82, 2.24) is 4.90 Å². The highest BCUT2D eigenvalue weighted by Gasteiger charge is 2.41. The van der Waals surface area contributed by atoms with E-state index in [1.165, 1.54) is 4.90 Å². The summed E-state index contributed by atoms with van der Waals surface area (Å²) in [6.07, 6.45) is 1.53. The van der Waals surface area contributed by atoms with Crippen LogP contribution in [0.2, 0.25) is 0 Å². The Labute approximate surface area is 245 Å². The zero-order valence-electron chi connectivity index (χ0n) is 23.7. The van der Waals surface area contributed by atoms with Crippen LogP contribution in [-0.2, 0) is 0 Å². The Morgan fingerprint density at radius 3 is 2.21 bits per heavy atom. The molecule has 0 aromatic heterocycles. The highest BCUT2D eigenvalue weighted by molar-refractivity contribution is 6.17. The number of carbonyl (C=O) groups is 2. The summed E-state index contributed by atoms with van der Waals surface area (Å²) in [5, 5.41) is 2.91. The number of benzene rings is 4. The smallest absolute Gasteiger partial charge is 0.275 e. The minimum Gasteiger partial charge on any atom is -0.322 e. The Hall–Kier alpha value is -4.62. The third-order valence-electron chi connectivity index (χ3n) is 7.33. The monoisotopic (exact) mass is 565 g/mol. The number of fused-ring (bicyclic) bond motifs is 1. The minimum absolute atomic E-state index is 0.0606. The van der Waals surface area contributed by atoms with Crippen LogP contribution in [0, 0.1) is 0 Å². The summed E-state index contributed by atoms with van der Waals surface area (Å²) in [7, 11) is 3.80. The van der Waals surface area contributed by atoms with Gasteiger partial charge in [0.1, 0.15) is 0 Å². The van der Waals surface area contributed by atoms with Crippen molar-refractivity contribution < 1.29 is 18.4 Å². The fraction of sp³-hybridized carbons (Fsp3) is 0.200. The maximum Gasteiger partial charge on any atom is 0.275 e. The van der Waals surface area contributed by atoms with Crippen LogP contribution in [0.5, 0.6) is 0 Å². The molecule has 1 aliphatic rings. The number of carbonyl (C=O) groups excluding carboxylic acids is 2. The third kappa shape index (κ3) is 6.16. The van der Waals surface area contributed by atoms with Crippen LogP contribution in [0.3, 0.4) is 0 Å². The first kappa shape index (κ1) is 28.9. The number of hydrogen-bond acceptors (Lipinski definition) is 3. The van der Waals surface area contributed by atoms with Crippen molar-refractivity contribution in [2.75, 3.05) is 37.4 Å². The van der Waals surface area contributed by atoms with E-state index >= 15 is 8.78 Å². The van der Waals surface area contributed by atoms with Gasteiger partial charge in [0.05, 0.1) is 5.69 Å². The molecule has 0 saturated heterocycles. The second-order valence-electron chi connectivity index (χ2n) is 10.6. The molecule has 42 heavy (non-hydrogen) atoms. The molecule has 0 aliphatic carbocycles. The molecule has 1 aliphatic heterocycles. The van der Waals surface area contributed by atoms with E-state index in [-0.39, 0.29) is 23.6 Å². The molecule has 0 fully saturated rings. The number of allylic oxidation sites excluding steroid dienone is 1. The molecule has 0 atom stereocenters. The first-order valence-corrected chi connectivity index (χ1v) is 14.0. The summed E-state index contributed by atoms with van der Waals surface area (Å²) in [4.78, 5) is 31.3.